The van der Waals surface area contributed by atoms with E-state index in [0.717, 1.165) is 63.2 Å². The highest BCUT2D eigenvalue weighted by Crippen LogP contribution is 2.33. The third-order valence-corrected chi connectivity index (χ3v) is 8.56. The second-order valence-corrected chi connectivity index (χ2v) is 12.8. The molecule has 0 bridgehead atoms. The summed E-state index contributed by atoms with van der Waals surface area (Å²) in [5, 5.41) is 16.7. The van der Waals surface area contributed by atoms with Crippen LogP contribution in [-0.4, -0.2) is 74.4 Å². The standard InChI is InChI=1S/C27H37N3O4S.C2HF3O2/c1-20(2)16-21-7-10-24(11-8-21)35(33,34)28-25-17-23(27(31)32)9-12-26(25)30-15-5-6-22(19-30)18-29-13-3-4-14-29;3-2(4,5)1(6)7/h7-12,17,20,22,28H,3-6,13-16,18-19H2,1-2H3,(H,31,32);(H,6,7). The van der Waals surface area contributed by atoms with Crippen molar-refractivity contribution in [2.75, 3.05) is 42.3 Å². The molecule has 2 aliphatic rings. The van der Waals surface area contributed by atoms with Gasteiger partial charge in [-0.05, 0) is 92.9 Å². The van der Waals surface area contributed by atoms with Crippen molar-refractivity contribution in [2.24, 2.45) is 11.8 Å². The van der Waals surface area contributed by atoms with Crippen molar-refractivity contribution in [1.29, 1.82) is 0 Å². The van der Waals surface area contributed by atoms with E-state index in [0.29, 0.717) is 17.5 Å². The summed E-state index contributed by atoms with van der Waals surface area (Å²) in [4.78, 5) is 25.4. The lowest BCUT2D eigenvalue weighted by molar-refractivity contribution is -0.192. The van der Waals surface area contributed by atoms with Crippen LogP contribution in [0.5, 0.6) is 0 Å². The Morgan fingerprint density at radius 3 is 2.17 bits per heavy atom. The number of halogens is 3. The maximum absolute atomic E-state index is 13.3. The van der Waals surface area contributed by atoms with Gasteiger partial charge in [-0.3, -0.25) is 4.72 Å². The van der Waals surface area contributed by atoms with Gasteiger partial charge in [-0.25, -0.2) is 18.0 Å². The van der Waals surface area contributed by atoms with Crippen molar-refractivity contribution < 1.29 is 41.4 Å². The zero-order valence-electron chi connectivity index (χ0n) is 23.7. The quantitative estimate of drug-likeness (QED) is 0.347. The van der Waals surface area contributed by atoms with Gasteiger partial charge in [0.1, 0.15) is 0 Å². The zero-order valence-corrected chi connectivity index (χ0v) is 24.5. The van der Waals surface area contributed by atoms with Crippen molar-refractivity contribution >= 4 is 33.3 Å². The molecule has 2 saturated heterocycles. The second-order valence-electron chi connectivity index (χ2n) is 11.1. The first-order chi connectivity index (χ1) is 19.7. The minimum absolute atomic E-state index is 0.0596. The molecule has 0 radical (unpaired) electrons. The molecule has 2 heterocycles. The normalized spacial score (nSPS) is 18.0. The summed E-state index contributed by atoms with van der Waals surface area (Å²) in [5.74, 6) is -2.84. The molecular weight excluding hydrogens is 575 g/mol. The number of nitrogens with one attached hydrogen (secondary N) is 1. The number of carbonyl (C=O) groups is 2. The summed E-state index contributed by atoms with van der Waals surface area (Å²) >= 11 is 0. The van der Waals surface area contributed by atoms with E-state index in [1.165, 1.54) is 18.9 Å². The summed E-state index contributed by atoms with van der Waals surface area (Å²) in [6.45, 7) is 9.28. The maximum atomic E-state index is 13.3. The van der Waals surface area contributed by atoms with Crippen LogP contribution in [0.1, 0.15) is 55.5 Å². The summed E-state index contributed by atoms with van der Waals surface area (Å²) in [7, 11) is -3.87. The molecule has 232 valence electrons. The molecule has 1 unspecified atom stereocenters. The molecule has 2 aliphatic heterocycles. The van der Waals surface area contributed by atoms with Gasteiger partial charge < -0.3 is 20.0 Å². The second kappa shape index (κ2) is 14.2. The number of nitrogens with zero attached hydrogens (tertiary/aromatic N) is 2. The SMILES string of the molecule is CC(C)Cc1ccc(S(=O)(=O)Nc2cc(C(=O)O)ccc2N2CCCC(CN3CCCC3)C2)cc1.O=C(O)C(F)(F)F. The zero-order chi connectivity index (χ0) is 31.1. The lowest BCUT2D eigenvalue weighted by atomic mass is 9.96. The van der Waals surface area contributed by atoms with Gasteiger partial charge in [-0.2, -0.15) is 13.2 Å². The number of aromatic carboxylic acids is 1. The van der Waals surface area contributed by atoms with E-state index in [1.54, 1.807) is 24.3 Å². The Morgan fingerprint density at radius 1 is 1.00 bits per heavy atom. The van der Waals surface area contributed by atoms with E-state index >= 15 is 0 Å². The lowest BCUT2D eigenvalue weighted by Crippen LogP contribution is -2.40. The molecule has 13 heteroatoms. The summed E-state index contributed by atoms with van der Waals surface area (Å²) in [6, 6.07) is 11.7. The summed E-state index contributed by atoms with van der Waals surface area (Å²) in [6.07, 6.45) is 0.508. The Bertz CT molecular complexity index is 1330. The molecule has 3 N–H and O–H groups in total. The predicted molar refractivity (Wildman–Crippen MR) is 153 cm³/mol. The fourth-order valence-electron chi connectivity index (χ4n) is 5.27. The maximum Gasteiger partial charge on any atom is 0.490 e. The molecule has 0 amide bonds. The van der Waals surface area contributed by atoms with Gasteiger partial charge in [0.15, 0.2) is 0 Å². The summed E-state index contributed by atoms with van der Waals surface area (Å²) < 4.78 is 61.0. The van der Waals surface area contributed by atoms with E-state index in [2.05, 4.69) is 28.4 Å². The van der Waals surface area contributed by atoms with E-state index in [-0.39, 0.29) is 10.5 Å². The number of piperidine rings is 1. The van der Waals surface area contributed by atoms with Gasteiger partial charge in [-0.1, -0.05) is 26.0 Å². The molecule has 2 fully saturated rings. The largest absolute Gasteiger partial charge is 0.490 e. The van der Waals surface area contributed by atoms with Crippen LogP contribution >= 0.6 is 0 Å². The van der Waals surface area contributed by atoms with Crippen molar-refractivity contribution in [3.63, 3.8) is 0 Å². The average Bonchev–Trinajstić information content (AvgIpc) is 3.41. The average molecular weight is 614 g/mol. The van der Waals surface area contributed by atoms with E-state index in [4.69, 9.17) is 9.90 Å². The molecule has 0 spiro atoms. The molecule has 2 aromatic rings. The van der Waals surface area contributed by atoms with Crippen molar-refractivity contribution in [2.45, 2.75) is 57.0 Å². The van der Waals surface area contributed by atoms with Gasteiger partial charge in [0.25, 0.3) is 10.0 Å². The fraction of sp³-hybridized carbons (Fsp3) is 0.517. The Balaban J connectivity index is 0.000000616. The highest BCUT2D eigenvalue weighted by atomic mass is 32.2. The van der Waals surface area contributed by atoms with Gasteiger partial charge in [0.2, 0.25) is 0 Å². The Kier molecular flexibility index (Phi) is 11.2. The van der Waals surface area contributed by atoms with Crippen LogP contribution in [0.3, 0.4) is 0 Å². The number of carboxylic acids is 2. The van der Waals surface area contributed by atoms with Crippen LogP contribution in [-0.2, 0) is 21.2 Å². The first-order valence-electron chi connectivity index (χ1n) is 13.9. The van der Waals surface area contributed by atoms with E-state index < -0.39 is 28.1 Å². The number of likely N-dealkylation sites (tertiary alicyclic amines) is 1. The fourth-order valence-corrected chi connectivity index (χ4v) is 6.33. The highest BCUT2D eigenvalue weighted by Gasteiger charge is 2.38. The van der Waals surface area contributed by atoms with Gasteiger partial charge in [0, 0.05) is 19.6 Å². The highest BCUT2D eigenvalue weighted by molar-refractivity contribution is 7.92. The number of rotatable bonds is 9. The Hall–Kier alpha value is -3.32. The number of benzene rings is 2. The van der Waals surface area contributed by atoms with Crippen LogP contribution in [0.25, 0.3) is 0 Å². The number of hydrogen-bond donors (Lipinski definition) is 3. The first-order valence-corrected chi connectivity index (χ1v) is 15.4. The monoisotopic (exact) mass is 613 g/mol. The smallest absolute Gasteiger partial charge is 0.478 e. The minimum Gasteiger partial charge on any atom is -0.478 e. The third-order valence-electron chi connectivity index (χ3n) is 7.18. The van der Waals surface area contributed by atoms with E-state index in [9.17, 15) is 31.5 Å². The van der Waals surface area contributed by atoms with Crippen LogP contribution in [0.15, 0.2) is 47.4 Å². The Labute approximate surface area is 244 Å². The van der Waals surface area contributed by atoms with Crippen molar-refractivity contribution in [1.82, 2.24) is 4.90 Å². The Morgan fingerprint density at radius 2 is 1.62 bits per heavy atom. The molecule has 4 rings (SSSR count). The molecule has 2 aromatic carbocycles. The summed E-state index contributed by atoms with van der Waals surface area (Å²) in [5.41, 5.74) is 2.20. The number of aliphatic carboxylic acids is 1. The van der Waals surface area contributed by atoms with E-state index in [1.807, 2.05) is 12.1 Å². The van der Waals surface area contributed by atoms with Crippen LogP contribution < -0.4 is 9.62 Å². The first kappa shape index (κ1) is 33.2. The predicted octanol–water partition coefficient (Wildman–Crippen LogP) is 5.33. The van der Waals surface area contributed by atoms with Crippen LogP contribution in [0, 0.1) is 11.8 Å². The van der Waals surface area contributed by atoms with Crippen molar-refractivity contribution in [3.8, 4) is 0 Å². The van der Waals surface area contributed by atoms with Gasteiger partial charge in [0.05, 0.1) is 21.8 Å². The number of alkyl halides is 3. The molecule has 0 aromatic heterocycles. The molecule has 9 nitrogen and oxygen atoms in total. The molecule has 1 atom stereocenters. The lowest BCUT2D eigenvalue weighted by Gasteiger charge is -2.37. The van der Waals surface area contributed by atoms with Gasteiger partial charge in [-0.15, -0.1) is 0 Å². The molecular formula is C29H38F3N3O6S. The molecule has 42 heavy (non-hydrogen) atoms. The van der Waals surface area contributed by atoms with Crippen molar-refractivity contribution in [3.05, 3.63) is 53.6 Å². The third kappa shape index (κ3) is 9.62. The molecule has 0 aliphatic carbocycles. The van der Waals surface area contributed by atoms with Crippen LogP contribution in [0.4, 0.5) is 24.5 Å². The van der Waals surface area contributed by atoms with Crippen LogP contribution in [0.2, 0.25) is 0 Å². The van der Waals surface area contributed by atoms with Gasteiger partial charge >= 0.3 is 18.1 Å². The number of anilines is 2. The molecule has 0 saturated carbocycles. The number of sulfonamides is 1. The minimum atomic E-state index is -5.08. The number of carboxylic acid groups (broad SMARTS) is 2. The topological polar surface area (TPSA) is 127 Å². The number of hydrogen-bond acceptors (Lipinski definition) is 6.